The van der Waals surface area contributed by atoms with Gasteiger partial charge in [0.25, 0.3) is 11.8 Å². The molecular formula is C24H18F5N3O5. The van der Waals surface area contributed by atoms with Crippen molar-refractivity contribution in [3.8, 4) is 5.88 Å². The molecule has 0 spiro atoms. The third-order valence-corrected chi connectivity index (χ3v) is 5.52. The van der Waals surface area contributed by atoms with Crippen molar-refractivity contribution in [2.45, 2.75) is 24.6 Å². The number of aromatic nitrogens is 2. The number of fused-ring (bicyclic) bond motifs is 2. The molecule has 1 fully saturated rings. The average Bonchev–Trinajstić information content (AvgIpc) is 3.29. The summed E-state index contributed by atoms with van der Waals surface area (Å²) in [5, 5.41) is 12.4. The number of para-hydroxylation sites is 1. The number of amides is 1. The van der Waals surface area contributed by atoms with Crippen molar-refractivity contribution < 1.29 is 45.9 Å². The number of piperidine rings is 1. The number of carboxylic acids is 1. The number of ether oxygens (including phenoxy) is 1. The molecule has 1 aliphatic rings. The molecule has 1 amide bonds. The predicted molar refractivity (Wildman–Crippen MR) is 119 cm³/mol. The number of carbonyl (C=O) groups excluding carboxylic acids is 1. The molecule has 4 aromatic rings. The van der Waals surface area contributed by atoms with Gasteiger partial charge in [0.2, 0.25) is 11.6 Å². The van der Waals surface area contributed by atoms with Crippen molar-refractivity contribution in [1.82, 2.24) is 15.0 Å². The Balaban J connectivity index is 0.000000405. The number of rotatable bonds is 3. The smallest absolute Gasteiger partial charge is 0.475 e. The highest BCUT2D eigenvalue weighted by atomic mass is 19.4. The maximum Gasteiger partial charge on any atom is 0.490 e. The number of likely N-dealkylation sites (tertiary alicyclic amines) is 1. The third-order valence-electron chi connectivity index (χ3n) is 5.52. The molecule has 2 aromatic carbocycles. The topological polar surface area (TPSA) is 106 Å². The first-order valence-electron chi connectivity index (χ1n) is 10.8. The molecule has 1 aliphatic heterocycles. The lowest BCUT2D eigenvalue weighted by Gasteiger charge is -2.37. The molecule has 3 heterocycles. The number of carboxylic acid groups (broad SMARTS) is 1. The van der Waals surface area contributed by atoms with Crippen LogP contribution in [0.15, 0.2) is 65.2 Å². The van der Waals surface area contributed by atoms with Crippen molar-refractivity contribution in [2.24, 2.45) is 0 Å². The standard InChI is InChI=1S/C22H17F2N3O3.C2HF3O2/c23-22(24)11-12-27(21(28)20-15-6-2-4-8-17(15)26-30-20)13-18(22)29-19-10-9-14-5-1-3-7-16(14)25-19;3-2(4,5)1(6)7/h1-10,18H,11-13H2;(H,6,7)/t18-;/m0./s1. The summed E-state index contributed by atoms with van der Waals surface area (Å²) in [4.78, 5) is 27.5. The zero-order valence-electron chi connectivity index (χ0n) is 18.8. The molecule has 1 saturated heterocycles. The fraction of sp³-hybridized carbons (Fsp3) is 0.250. The van der Waals surface area contributed by atoms with Crippen LogP contribution in [0, 0.1) is 0 Å². The van der Waals surface area contributed by atoms with Gasteiger partial charge in [-0.1, -0.05) is 35.5 Å². The van der Waals surface area contributed by atoms with Gasteiger partial charge < -0.3 is 19.3 Å². The first-order chi connectivity index (χ1) is 17.5. The fourth-order valence-corrected chi connectivity index (χ4v) is 3.62. The van der Waals surface area contributed by atoms with Crippen LogP contribution in [0.25, 0.3) is 21.8 Å². The van der Waals surface area contributed by atoms with Crippen molar-refractivity contribution >= 4 is 33.7 Å². The third kappa shape index (κ3) is 5.76. The lowest BCUT2D eigenvalue weighted by Crippen LogP contribution is -2.55. The van der Waals surface area contributed by atoms with Gasteiger partial charge in [0.05, 0.1) is 17.4 Å². The maximum atomic E-state index is 14.6. The summed E-state index contributed by atoms with van der Waals surface area (Å²) in [6, 6.07) is 17.6. The Morgan fingerprint density at radius 1 is 1.03 bits per heavy atom. The normalized spacial score (nSPS) is 17.2. The Kier molecular flexibility index (Phi) is 6.96. The second-order valence-electron chi connectivity index (χ2n) is 8.04. The highest BCUT2D eigenvalue weighted by Crippen LogP contribution is 2.33. The number of hydrogen-bond donors (Lipinski definition) is 1. The summed E-state index contributed by atoms with van der Waals surface area (Å²) in [5.74, 6) is -6.20. The van der Waals surface area contributed by atoms with E-state index >= 15 is 0 Å². The molecule has 2 aromatic heterocycles. The summed E-state index contributed by atoms with van der Waals surface area (Å²) in [6.07, 6.45) is -7.11. The molecule has 8 nitrogen and oxygen atoms in total. The summed E-state index contributed by atoms with van der Waals surface area (Å²) >= 11 is 0. The van der Waals surface area contributed by atoms with E-state index in [1.807, 2.05) is 18.2 Å². The van der Waals surface area contributed by atoms with E-state index in [0.717, 1.165) is 5.39 Å². The predicted octanol–water partition coefficient (Wildman–Crippen LogP) is 4.94. The number of halogens is 5. The van der Waals surface area contributed by atoms with E-state index in [1.54, 1.807) is 42.5 Å². The van der Waals surface area contributed by atoms with Crippen molar-refractivity contribution in [3.05, 3.63) is 66.4 Å². The van der Waals surface area contributed by atoms with Gasteiger partial charge in [-0.25, -0.2) is 18.6 Å². The number of alkyl halides is 5. The number of carbonyl (C=O) groups is 2. The van der Waals surface area contributed by atoms with Crippen LogP contribution in [-0.2, 0) is 4.79 Å². The zero-order valence-corrected chi connectivity index (χ0v) is 18.8. The van der Waals surface area contributed by atoms with Gasteiger partial charge in [-0.15, -0.1) is 0 Å². The number of benzene rings is 2. The monoisotopic (exact) mass is 523 g/mol. The zero-order chi connectivity index (χ0) is 26.8. The largest absolute Gasteiger partial charge is 0.490 e. The van der Waals surface area contributed by atoms with E-state index in [1.165, 1.54) is 4.90 Å². The Hall–Kier alpha value is -4.29. The Labute approximate surface area is 205 Å². The Morgan fingerprint density at radius 3 is 2.38 bits per heavy atom. The van der Waals surface area contributed by atoms with Crippen molar-refractivity contribution in [2.75, 3.05) is 13.1 Å². The van der Waals surface area contributed by atoms with Gasteiger partial charge in [0.1, 0.15) is 5.52 Å². The van der Waals surface area contributed by atoms with Gasteiger partial charge in [0, 0.05) is 24.4 Å². The quantitative estimate of drug-likeness (QED) is 0.379. The van der Waals surface area contributed by atoms with E-state index in [4.69, 9.17) is 19.2 Å². The van der Waals surface area contributed by atoms with Crippen LogP contribution in [0.2, 0.25) is 0 Å². The molecule has 194 valence electrons. The van der Waals surface area contributed by atoms with Gasteiger partial charge in [-0.2, -0.15) is 13.2 Å². The molecule has 0 saturated carbocycles. The number of pyridine rings is 1. The SMILES string of the molecule is O=C(O)C(F)(F)F.O=C(c1onc2ccccc12)N1CCC(F)(F)[C@@H](Oc2ccc3ccccc3n2)C1. The average molecular weight is 523 g/mol. The minimum Gasteiger partial charge on any atom is -0.475 e. The second kappa shape index (κ2) is 9.99. The van der Waals surface area contributed by atoms with Crippen LogP contribution >= 0.6 is 0 Å². The molecule has 37 heavy (non-hydrogen) atoms. The summed E-state index contributed by atoms with van der Waals surface area (Å²) in [5.41, 5.74) is 1.19. The second-order valence-corrected chi connectivity index (χ2v) is 8.04. The van der Waals surface area contributed by atoms with Gasteiger partial charge in [-0.3, -0.25) is 4.79 Å². The molecule has 0 aliphatic carbocycles. The van der Waals surface area contributed by atoms with Crippen LogP contribution in [0.5, 0.6) is 5.88 Å². The molecule has 0 unspecified atom stereocenters. The highest BCUT2D eigenvalue weighted by Gasteiger charge is 2.48. The Morgan fingerprint density at radius 2 is 1.68 bits per heavy atom. The van der Waals surface area contributed by atoms with Gasteiger partial charge in [0.15, 0.2) is 6.10 Å². The van der Waals surface area contributed by atoms with Crippen LogP contribution < -0.4 is 4.74 Å². The molecular weight excluding hydrogens is 505 g/mol. The van der Waals surface area contributed by atoms with Crippen LogP contribution in [0.3, 0.4) is 0 Å². The van der Waals surface area contributed by atoms with E-state index < -0.39 is 36.5 Å². The maximum absolute atomic E-state index is 14.6. The number of aliphatic carboxylic acids is 1. The van der Waals surface area contributed by atoms with Gasteiger partial charge in [-0.05, 0) is 24.3 Å². The van der Waals surface area contributed by atoms with Gasteiger partial charge >= 0.3 is 12.1 Å². The van der Waals surface area contributed by atoms with E-state index in [2.05, 4.69) is 10.1 Å². The van der Waals surface area contributed by atoms with Crippen molar-refractivity contribution in [1.29, 1.82) is 0 Å². The molecule has 13 heteroatoms. The summed E-state index contributed by atoms with van der Waals surface area (Å²) in [7, 11) is 0. The molecule has 0 bridgehead atoms. The van der Waals surface area contributed by atoms with Crippen LogP contribution in [0.1, 0.15) is 17.0 Å². The number of hydrogen-bond acceptors (Lipinski definition) is 6. The number of nitrogens with zero attached hydrogens (tertiary/aromatic N) is 3. The molecule has 1 N–H and O–H groups in total. The van der Waals surface area contributed by atoms with Crippen LogP contribution in [-0.4, -0.2) is 63.3 Å². The van der Waals surface area contributed by atoms with Crippen LogP contribution in [0.4, 0.5) is 22.0 Å². The summed E-state index contributed by atoms with van der Waals surface area (Å²) in [6.45, 7) is -0.388. The lowest BCUT2D eigenvalue weighted by atomic mass is 10.0. The first-order valence-corrected chi connectivity index (χ1v) is 10.8. The molecule has 1 atom stereocenters. The molecule has 5 rings (SSSR count). The van der Waals surface area contributed by atoms with E-state index in [-0.39, 0.29) is 24.7 Å². The minimum atomic E-state index is -5.08. The summed E-state index contributed by atoms with van der Waals surface area (Å²) < 4.78 is 71.6. The fourth-order valence-electron chi connectivity index (χ4n) is 3.62. The Bertz CT molecular complexity index is 1440. The van der Waals surface area contributed by atoms with E-state index in [0.29, 0.717) is 16.4 Å². The molecule has 0 radical (unpaired) electrons. The first kappa shape index (κ1) is 25.8. The lowest BCUT2D eigenvalue weighted by molar-refractivity contribution is -0.192. The van der Waals surface area contributed by atoms with E-state index in [9.17, 15) is 26.7 Å². The minimum absolute atomic E-state index is 0.0402. The highest BCUT2D eigenvalue weighted by molar-refractivity contribution is 6.03. The van der Waals surface area contributed by atoms with Crippen molar-refractivity contribution in [3.63, 3.8) is 0 Å².